The molecule has 94 valence electrons. The van der Waals surface area contributed by atoms with Gasteiger partial charge in [0, 0.05) is 6.54 Å². The van der Waals surface area contributed by atoms with Gasteiger partial charge >= 0.3 is 10.4 Å². The number of aliphatic hydroxyl groups excluding tert-OH is 1. The summed E-state index contributed by atoms with van der Waals surface area (Å²) in [5.74, 6) is 0. The van der Waals surface area contributed by atoms with E-state index in [4.69, 9.17) is 14.8 Å². The molecule has 0 aliphatic rings. The molecule has 3 N–H and O–H groups in total. The molecule has 0 aromatic rings. The molecule has 15 heavy (non-hydrogen) atoms. The van der Waals surface area contributed by atoms with Crippen molar-refractivity contribution < 1.29 is 27.4 Å². The standard InChI is InChI=1S/C6H15NO2.CH4O4S/c1-3-4-7(2)5-6(8)9;1-5-6(2,3)4/h6,8-9H,3-5H2,1-2H3;1H3,(H,2,3,4). The van der Waals surface area contributed by atoms with E-state index in [0.717, 1.165) is 20.1 Å². The van der Waals surface area contributed by atoms with Gasteiger partial charge in [-0.05, 0) is 20.0 Å². The number of hydrogen-bond acceptors (Lipinski definition) is 6. The lowest BCUT2D eigenvalue weighted by Gasteiger charge is -2.15. The fourth-order valence-electron chi connectivity index (χ4n) is 0.752. The molecule has 0 fully saturated rings. The zero-order chi connectivity index (χ0) is 12.5. The van der Waals surface area contributed by atoms with E-state index in [1.165, 1.54) is 0 Å². The van der Waals surface area contributed by atoms with Gasteiger partial charge in [0.1, 0.15) is 0 Å². The summed E-state index contributed by atoms with van der Waals surface area (Å²) in [6.07, 6.45) is -0.148. The van der Waals surface area contributed by atoms with Crippen LogP contribution in [0.4, 0.5) is 0 Å². The number of nitrogens with zero attached hydrogens (tertiary/aromatic N) is 1. The predicted octanol–water partition coefficient (Wildman–Crippen LogP) is -0.925. The highest BCUT2D eigenvalue weighted by Gasteiger charge is 2.00. The van der Waals surface area contributed by atoms with Gasteiger partial charge in [-0.25, -0.2) is 0 Å². The monoisotopic (exact) mass is 245 g/mol. The van der Waals surface area contributed by atoms with Crippen LogP contribution in [0.2, 0.25) is 0 Å². The van der Waals surface area contributed by atoms with Crippen molar-refractivity contribution in [1.82, 2.24) is 4.90 Å². The van der Waals surface area contributed by atoms with Crippen molar-refractivity contribution in [2.24, 2.45) is 0 Å². The molecule has 0 saturated heterocycles. The van der Waals surface area contributed by atoms with Gasteiger partial charge < -0.3 is 15.1 Å². The van der Waals surface area contributed by atoms with Crippen molar-refractivity contribution >= 4 is 10.4 Å². The Morgan fingerprint density at radius 3 is 2.00 bits per heavy atom. The first-order chi connectivity index (χ1) is 6.72. The molecule has 0 heterocycles. The number of likely N-dealkylation sites (N-methyl/N-ethyl adjacent to an activating group) is 1. The second-order valence-electron chi connectivity index (χ2n) is 2.84. The van der Waals surface area contributed by atoms with Crippen molar-refractivity contribution in [2.45, 2.75) is 19.6 Å². The molecule has 0 aromatic heterocycles. The number of hydrogen-bond donors (Lipinski definition) is 3. The third kappa shape index (κ3) is 20.0. The summed E-state index contributed by atoms with van der Waals surface area (Å²) in [5, 5.41) is 16.9. The van der Waals surface area contributed by atoms with E-state index in [-0.39, 0.29) is 0 Å². The van der Waals surface area contributed by atoms with Gasteiger partial charge in [-0.1, -0.05) is 6.92 Å². The molecular weight excluding hydrogens is 226 g/mol. The summed E-state index contributed by atoms with van der Waals surface area (Å²) in [5.41, 5.74) is 0. The first-order valence-corrected chi connectivity index (χ1v) is 5.67. The van der Waals surface area contributed by atoms with Crippen molar-refractivity contribution in [1.29, 1.82) is 0 Å². The Labute approximate surface area is 90.2 Å². The van der Waals surface area contributed by atoms with E-state index in [1.807, 2.05) is 11.9 Å². The van der Waals surface area contributed by atoms with Crippen LogP contribution >= 0.6 is 0 Å². The van der Waals surface area contributed by atoms with E-state index >= 15 is 0 Å². The van der Waals surface area contributed by atoms with Gasteiger partial charge in [0.2, 0.25) is 0 Å². The molecule has 0 atom stereocenters. The van der Waals surface area contributed by atoms with Crippen molar-refractivity contribution in [3.05, 3.63) is 0 Å². The Hall–Kier alpha value is -0.250. The van der Waals surface area contributed by atoms with Crippen LogP contribution in [0.3, 0.4) is 0 Å². The highest BCUT2D eigenvalue weighted by Crippen LogP contribution is 1.86. The summed E-state index contributed by atoms with van der Waals surface area (Å²) in [7, 11) is -1.43. The molecule has 0 aromatic carbocycles. The Kier molecular flexibility index (Phi) is 10.3. The summed E-state index contributed by atoms with van der Waals surface area (Å²) < 4.78 is 29.7. The van der Waals surface area contributed by atoms with Crippen LogP contribution in [-0.4, -0.2) is 61.6 Å². The van der Waals surface area contributed by atoms with Gasteiger partial charge in [-0.3, -0.25) is 8.74 Å². The second-order valence-corrected chi connectivity index (χ2v) is 4.03. The quantitative estimate of drug-likeness (QED) is 0.424. The van der Waals surface area contributed by atoms with E-state index in [2.05, 4.69) is 11.1 Å². The Balaban J connectivity index is 0. The molecule has 0 rings (SSSR count). The zero-order valence-electron chi connectivity index (χ0n) is 9.12. The third-order valence-electron chi connectivity index (χ3n) is 1.29. The average Bonchev–Trinajstić information content (AvgIpc) is 2.03. The molecule has 0 spiro atoms. The van der Waals surface area contributed by atoms with E-state index in [0.29, 0.717) is 6.54 Å². The van der Waals surface area contributed by atoms with Gasteiger partial charge in [0.05, 0.1) is 7.11 Å². The average molecular weight is 245 g/mol. The highest BCUT2D eigenvalue weighted by molar-refractivity contribution is 7.80. The first kappa shape index (κ1) is 17.2. The summed E-state index contributed by atoms with van der Waals surface area (Å²) >= 11 is 0. The predicted molar refractivity (Wildman–Crippen MR) is 54.6 cm³/mol. The van der Waals surface area contributed by atoms with Crippen molar-refractivity contribution in [3.63, 3.8) is 0 Å². The Morgan fingerprint density at radius 2 is 1.80 bits per heavy atom. The molecule has 0 aliphatic heterocycles. The topological polar surface area (TPSA) is 107 Å². The highest BCUT2D eigenvalue weighted by atomic mass is 32.3. The largest absolute Gasteiger partial charge is 0.397 e. The first-order valence-electron chi connectivity index (χ1n) is 4.30. The lowest BCUT2D eigenvalue weighted by molar-refractivity contribution is -0.0571. The molecule has 8 heteroatoms. The maximum Gasteiger partial charge on any atom is 0.397 e. The van der Waals surface area contributed by atoms with E-state index in [1.54, 1.807) is 0 Å². The van der Waals surface area contributed by atoms with Crippen LogP contribution in [-0.2, 0) is 14.6 Å². The molecule has 0 radical (unpaired) electrons. The van der Waals surface area contributed by atoms with E-state index < -0.39 is 16.7 Å². The van der Waals surface area contributed by atoms with Crippen LogP contribution in [0.25, 0.3) is 0 Å². The lowest BCUT2D eigenvalue weighted by Crippen LogP contribution is -2.29. The fraction of sp³-hybridized carbons (Fsp3) is 1.00. The second kappa shape index (κ2) is 9.01. The van der Waals surface area contributed by atoms with E-state index in [9.17, 15) is 8.42 Å². The molecule has 0 saturated carbocycles. The van der Waals surface area contributed by atoms with Gasteiger partial charge in [0.15, 0.2) is 6.29 Å². The Morgan fingerprint density at radius 1 is 1.40 bits per heavy atom. The van der Waals surface area contributed by atoms with Crippen molar-refractivity contribution in [3.8, 4) is 0 Å². The normalized spacial score (nSPS) is 11.5. The summed E-state index contributed by atoms with van der Waals surface area (Å²) in [6, 6.07) is 0. The number of rotatable bonds is 5. The molecule has 0 unspecified atom stereocenters. The van der Waals surface area contributed by atoms with Crippen LogP contribution in [0.15, 0.2) is 0 Å². The molecular formula is C7H19NO6S. The molecule has 0 bridgehead atoms. The molecule has 0 aliphatic carbocycles. The van der Waals surface area contributed by atoms with Crippen LogP contribution in [0.5, 0.6) is 0 Å². The minimum Gasteiger partial charge on any atom is -0.367 e. The summed E-state index contributed by atoms with van der Waals surface area (Å²) in [6.45, 7) is 3.31. The maximum absolute atomic E-state index is 9.33. The number of aliphatic hydroxyl groups is 2. The van der Waals surface area contributed by atoms with Gasteiger partial charge in [0.25, 0.3) is 0 Å². The lowest BCUT2D eigenvalue weighted by atomic mass is 10.4. The minimum absolute atomic E-state index is 0.341. The van der Waals surface area contributed by atoms with Crippen LogP contribution < -0.4 is 0 Å². The van der Waals surface area contributed by atoms with Gasteiger partial charge in [-0.15, -0.1) is 0 Å². The van der Waals surface area contributed by atoms with Crippen LogP contribution in [0, 0.1) is 0 Å². The minimum atomic E-state index is -4.16. The molecule has 7 nitrogen and oxygen atoms in total. The zero-order valence-corrected chi connectivity index (χ0v) is 9.94. The Bertz CT molecular complexity index is 228. The fourth-order valence-corrected chi connectivity index (χ4v) is 0.752. The third-order valence-corrected chi connectivity index (χ3v) is 1.71. The van der Waals surface area contributed by atoms with Gasteiger partial charge in [-0.2, -0.15) is 8.42 Å². The van der Waals surface area contributed by atoms with Crippen molar-refractivity contribution in [2.75, 3.05) is 27.2 Å². The smallest absolute Gasteiger partial charge is 0.367 e. The van der Waals surface area contributed by atoms with Crippen LogP contribution in [0.1, 0.15) is 13.3 Å². The molecule has 0 amide bonds. The summed E-state index contributed by atoms with van der Waals surface area (Å²) in [4.78, 5) is 1.88. The maximum atomic E-state index is 9.33. The SMILES string of the molecule is CCCN(C)CC(O)O.COS(=O)(=O)O.